The van der Waals surface area contributed by atoms with Crippen LogP contribution in [0.25, 0.3) is 72.2 Å². The fourth-order valence-electron chi connectivity index (χ4n) is 8.12. The van der Waals surface area contributed by atoms with Crippen LogP contribution in [0.4, 0.5) is 17.1 Å². The van der Waals surface area contributed by atoms with Gasteiger partial charge >= 0.3 is 0 Å². The minimum absolute atomic E-state index is 0.692. The summed E-state index contributed by atoms with van der Waals surface area (Å²) in [6.07, 6.45) is 0. The van der Waals surface area contributed by atoms with Gasteiger partial charge in [0, 0.05) is 43.4 Å². The number of aromatic nitrogens is 3. The van der Waals surface area contributed by atoms with Crippen LogP contribution in [-0.2, 0) is 0 Å². The molecular weight excluding hydrogens is 689 g/mol. The van der Waals surface area contributed by atoms with Crippen LogP contribution in [0.2, 0.25) is 0 Å². The van der Waals surface area contributed by atoms with Gasteiger partial charge in [0.15, 0.2) is 5.82 Å². The maximum absolute atomic E-state index is 5.32. The van der Waals surface area contributed by atoms with Gasteiger partial charge in [0.25, 0.3) is 0 Å². The Bertz CT molecular complexity index is 3010. The molecule has 1 aliphatic heterocycles. The van der Waals surface area contributed by atoms with Gasteiger partial charge in [0.1, 0.15) is 5.82 Å². The highest BCUT2D eigenvalue weighted by Crippen LogP contribution is 2.53. The smallest absolute Gasteiger partial charge is 0.162 e. The van der Waals surface area contributed by atoms with Crippen LogP contribution >= 0.6 is 11.8 Å². The quantitative estimate of drug-likeness (QED) is 0.177. The number of fused-ring (bicyclic) bond motifs is 7. The molecule has 0 aliphatic carbocycles. The van der Waals surface area contributed by atoms with Gasteiger partial charge in [0.2, 0.25) is 0 Å². The van der Waals surface area contributed by atoms with Gasteiger partial charge in [-0.3, -0.25) is 4.57 Å². The van der Waals surface area contributed by atoms with Crippen molar-refractivity contribution < 1.29 is 0 Å². The second-order valence-corrected chi connectivity index (χ2v) is 14.9. The molecule has 2 aromatic heterocycles. The van der Waals surface area contributed by atoms with Crippen molar-refractivity contribution in [1.82, 2.24) is 14.5 Å². The number of para-hydroxylation sites is 2. The summed E-state index contributed by atoms with van der Waals surface area (Å²) in [7, 11) is 0. The summed E-state index contributed by atoms with van der Waals surface area (Å²) in [5.74, 6) is 1.52. The van der Waals surface area contributed by atoms with Crippen molar-refractivity contribution in [3.05, 3.63) is 194 Å². The summed E-state index contributed by atoms with van der Waals surface area (Å²) in [6.45, 7) is 0. The summed E-state index contributed by atoms with van der Waals surface area (Å²) in [5, 5.41) is 4.83. The minimum atomic E-state index is 0.692. The Balaban J connectivity index is 1.19. The first-order chi connectivity index (χ1) is 27.3. The molecule has 3 heterocycles. The van der Waals surface area contributed by atoms with Crippen LogP contribution in [0.1, 0.15) is 0 Å². The number of hydrogen-bond acceptors (Lipinski definition) is 4. The van der Waals surface area contributed by atoms with E-state index in [4.69, 9.17) is 9.97 Å². The van der Waals surface area contributed by atoms with Gasteiger partial charge < -0.3 is 4.90 Å². The summed E-state index contributed by atoms with van der Waals surface area (Å²) < 4.78 is 2.34. The summed E-state index contributed by atoms with van der Waals surface area (Å²) >= 11 is 1.83. The zero-order chi connectivity index (χ0) is 36.3. The molecule has 0 bridgehead atoms. The van der Waals surface area contributed by atoms with Gasteiger partial charge in [-0.15, -0.1) is 0 Å². The summed E-state index contributed by atoms with van der Waals surface area (Å²) in [6, 6.07) is 69.1. The number of nitrogens with zero attached hydrogens (tertiary/aromatic N) is 4. The van der Waals surface area contributed by atoms with Crippen molar-refractivity contribution in [2.75, 3.05) is 4.90 Å². The molecule has 0 unspecified atom stereocenters. The van der Waals surface area contributed by atoms with E-state index in [1.54, 1.807) is 0 Å². The minimum Gasteiger partial charge on any atom is -0.308 e. The second-order valence-electron chi connectivity index (χ2n) is 13.8. The first-order valence-electron chi connectivity index (χ1n) is 18.5. The highest BCUT2D eigenvalue weighted by atomic mass is 32.2. The standard InChI is InChI=1S/C50H32N4S/c1-4-16-34(17-5-1)40-32-47(52-50(51-40)35-18-6-2-7-19-35)54-42-25-14-23-39(49(42)48-38-22-11-10-15-33(38)27-29-43(48)54)36-28-30-46-44(31-36)53(37-20-8-3-9-21-37)41-24-12-13-26-45(41)55-46/h1-32H. The van der Waals surface area contributed by atoms with Crippen LogP contribution in [0, 0.1) is 0 Å². The molecule has 11 rings (SSSR count). The average molecular weight is 721 g/mol. The number of benzene rings is 8. The van der Waals surface area contributed by atoms with Crippen LogP contribution in [0.5, 0.6) is 0 Å². The molecule has 0 saturated heterocycles. The molecule has 8 aromatic carbocycles. The Morgan fingerprint density at radius 2 is 1.13 bits per heavy atom. The maximum Gasteiger partial charge on any atom is 0.162 e. The highest BCUT2D eigenvalue weighted by molar-refractivity contribution is 7.99. The van der Waals surface area contributed by atoms with Gasteiger partial charge in [-0.2, -0.15) is 0 Å². The van der Waals surface area contributed by atoms with Crippen molar-refractivity contribution in [3.63, 3.8) is 0 Å². The van der Waals surface area contributed by atoms with Gasteiger partial charge in [-0.25, -0.2) is 9.97 Å². The van der Waals surface area contributed by atoms with Crippen LogP contribution in [0.15, 0.2) is 204 Å². The summed E-state index contributed by atoms with van der Waals surface area (Å²) in [5.41, 5.74) is 10.9. The monoisotopic (exact) mass is 720 g/mol. The number of hydrogen-bond donors (Lipinski definition) is 0. The van der Waals surface area contributed by atoms with Gasteiger partial charge in [0.05, 0.1) is 28.1 Å². The van der Waals surface area contributed by atoms with Crippen molar-refractivity contribution >= 4 is 61.4 Å². The normalized spacial score (nSPS) is 12.3. The van der Waals surface area contributed by atoms with Gasteiger partial charge in [-0.05, 0) is 70.4 Å². The third-order valence-electron chi connectivity index (χ3n) is 10.6. The molecule has 4 nitrogen and oxygen atoms in total. The van der Waals surface area contributed by atoms with E-state index in [0.717, 1.165) is 44.9 Å². The van der Waals surface area contributed by atoms with E-state index in [-0.39, 0.29) is 0 Å². The molecule has 5 heteroatoms. The van der Waals surface area contributed by atoms with E-state index in [1.807, 2.05) is 36.0 Å². The fourth-order valence-corrected chi connectivity index (χ4v) is 9.15. The van der Waals surface area contributed by atoms with Crippen LogP contribution < -0.4 is 4.90 Å². The predicted molar refractivity (Wildman–Crippen MR) is 229 cm³/mol. The number of anilines is 3. The first-order valence-corrected chi connectivity index (χ1v) is 19.3. The molecule has 55 heavy (non-hydrogen) atoms. The fraction of sp³-hybridized carbons (Fsp3) is 0. The molecule has 0 radical (unpaired) electrons. The zero-order valence-electron chi connectivity index (χ0n) is 29.7. The predicted octanol–water partition coefficient (Wildman–Crippen LogP) is 13.7. The molecule has 10 aromatic rings. The van der Waals surface area contributed by atoms with E-state index in [0.29, 0.717) is 5.82 Å². The van der Waals surface area contributed by atoms with Gasteiger partial charge in [-0.1, -0.05) is 151 Å². The van der Waals surface area contributed by atoms with E-state index in [9.17, 15) is 0 Å². The Labute approximate surface area is 323 Å². The Morgan fingerprint density at radius 3 is 1.96 bits per heavy atom. The molecule has 258 valence electrons. The maximum atomic E-state index is 5.32. The van der Waals surface area contributed by atoms with Crippen LogP contribution in [-0.4, -0.2) is 14.5 Å². The van der Waals surface area contributed by atoms with E-state index >= 15 is 0 Å². The second kappa shape index (κ2) is 12.9. The third kappa shape index (κ3) is 5.24. The average Bonchev–Trinajstić information content (AvgIpc) is 3.61. The zero-order valence-corrected chi connectivity index (χ0v) is 30.5. The van der Waals surface area contributed by atoms with E-state index in [1.165, 1.54) is 48.3 Å². The Hall–Kier alpha value is -6.95. The molecule has 0 fully saturated rings. The third-order valence-corrected chi connectivity index (χ3v) is 11.7. The lowest BCUT2D eigenvalue weighted by Crippen LogP contribution is -2.14. The highest BCUT2D eigenvalue weighted by Gasteiger charge is 2.26. The van der Waals surface area contributed by atoms with Crippen molar-refractivity contribution in [1.29, 1.82) is 0 Å². The lowest BCUT2D eigenvalue weighted by Gasteiger charge is -2.33. The molecule has 0 saturated carbocycles. The topological polar surface area (TPSA) is 34.0 Å². The molecular formula is C50H32N4S. The molecule has 0 atom stereocenters. The lowest BCUT2D eigenvalue weighted by atomic mass is 9.96. The van der Waals surface area contributed by atoms with E-state index < -0.39 is 0 Å². The Morgan fingerprint density at radius 1 is 0.436 bits per heavy atom. The van der Waals surface area contributed by atoms with Crippen molar-refractivity contribution in [2.24, 2.45) is 0 Å². The SMILES string of the molecule is c1ccc(-c2cc(-n3c4cccc(-c5ccc6c(c5)N(c5ccccc5)c5ccccc5S6)c4c4c5ccccc5ccc43)nc(-c3ccccc3)n2)cc1. The molecule has 0 N–H and O–H groups in total. The first kappa shape index (κ1) is 31.6. The van der Waals surface area contributed by atoms with Crippen LogP contribution in [0.3, 0.4) is 0 Å². The lowest BCUT2D eigenvalue weighted by molar-refractivity contribution is 1.05. The number of rotatable bonds is 5. The largest absolute Gasteiger partial charge is 0.308 e. The molecule has 1 aliphatic rings. The van der Waals surface area contributed by atoms with E-state index in [2.05, 4.69) is 179 Å². The summed E-state index contributed by atoms with van der Waals surface area (Å²) in [4.78, 5) is 15.3. The molecule has 0 spiro atoms. The van der Waals surface area contributed by atoms with Crippen molar-refractivity contribution in [3.8, 4) is 39.6 Å². The Kier molecular flexibility index (Phi) is 7.39. The van der Waals surface area contributed by atoms with Crippen molar-refractivity contribution in [2.45, 2.75) is 9.79 Å². The molecule has 0 amide bonds.